The van der Waals surface area contributed by atoms with E-state index >= 15 is 0 Å². The molecule has 0 unspecified atom stereocenters. The fourth-order valence-corrected chi connectivity index (χ4v) is 12.0. The maximum atomic E-state index is 14.5. The standard InChI is InChI=1S/C32H48N2O4S/c1-9-39(37,38)34-32-14-12-27(2,3)18-21(32)25-22(35)16-24-29(6)17-20(19-33)26(36)28(4,5)23(29)10-11-30(24,7)31(25,8)13-15-32/h17,21,23-25,34H,9-16,18H2,1-8H3/t21-,23-,24+,25-,29-,30+,31+,32-/m0/s1. The van der Waals surface area contributed by atoms with Gasteiger partial charge in [-0.1, -0.05) is 54.5 Å². The number of carbonyl (C=O) groups is 2. The van der Waals surface area contributed by atoms with Crippen LogP contribution in [-0.4, -0.2) is 31.3 Å². The van der Waals surface area contributed by atoms with Crippen molar-refractivity contribution >= 4 is 21.6 Å². The molecule has 5 rings (SSSR count). The number of hydrogen-bond donors (Lipinski definition) is 1. The van der Waals surface area contributed by atoms with Crippen LogP contribution >= 0.6 is 0 Å². The van der Waals surface area contributed by atoms with Gasteiger partial charge in [0.2, 0.25) is 10.0 Å². The zero-order valence-electron chi connectivity index (χ0n) is 25.2. The molecule has 0 bridgehead atoms. The average Bonchev–Trinajstić information content (AvgIpc) is 2.83. The van der Waals surface area contributed by atoms with Crippen LogP contribution in [0.2, 0.25) is 0 Å². The van der Waals surface area contributed by atoms with Gasteiger partial charge in [-0.2, -0.15) is 5.26 Å². The van der Waals surface area contributed by atoms with Gasteiger partial charge in [0, 0.05) is 23.3 Å². The Bertz CT molecular complexity index is 1290. The number of ketones is 2. The highest BCUT2D eigenvalue weighted by Gasteiger charge is 2.72. The first-order valence-corrected chi connectivity index (χ1v) is 16.7. The van der Waals surface area contributed by atoms with Crippen molar-refractivity contribution in [2.24, 2.45) is 50.7 Å². The van der Waals surface area contributed by atoms with E-state index in [4.69, 9.17) is 0 Å². The van der Waals surface area contributed by atoms with Crippen LogP contribution in [0.4, 0.5) is 0 Å². The van der Waals surface area contributed by atoms with E-state index in [1.807, 2.05) is 19.9 Å². The van der Waals surface area contributed by atoms with Crippen molar-refractivity contribution in [1.82, 2.24) is 4.72 Å². The van der Waals surface area contributed by atoms with Gasteiger partial charge in [0.25, 0.3) is 0 Å². The number of nitrogens with one attached hydrogen (secondary N) is 1. The minimum absolute atomic E-state index is 0.0321. The molecule has 0 spiro atoms. The molecule has 216 valence electrons. The van der Waals surface area contributed by atoms with E-state index in [9.17, 15) is 23.3 Å². The Morgan fingerprint density at radius 2 is 1.59 bits per heavy atom. The van der Waals surface area contributed by atoms with E-state index < -0.39 is 26.4 Å². The van der Waals surface area contributed by atoms with Gasteiger partial charge >= 0.3 is 0 Å². The SMILES string of the molecule is CCS(=O)(=O)N[C@]12CCC(C)(C)C[C@H]1[C@H]1C(=O)C[C@@H]3[C@@]4(C)C=C(C#N)C(=O)C(C)(C)[C@@H]4CC[C@@]3(C)[C@]1(C)CC2. The molecule has 1 N–H and O–H groups in total. The molecule has 8 atom stereocenters. The number of nitriles is 1. The number of allylic oxidation sites excluding steroid dienone is 2. The van der Waals surface area contributed by atoms with Gasteiger partial charge in [0.05, 0.1) is 11.3 Å². The Morgan fingerprint density at radius 1 is 0.949 bits per heavy atom. The molecule has 5 aliphatic rings. The van der Waals surface area contributed by atoms with Crippen molar-refractivity contribution in [2.45, 2.75) is 112 Å². The smallest absolute Gasteiger partial charge is 0.211 e. The molecule has 0 amide bonds. The Labute approximate surface area is 235 Å². The third-order valence-electron chi connectivity index (χ3n) is 13.2. The molecule has 4 fully saturated rings. The third kappa shape index (κ3) is 3.83. The topological polar surface area (TPSA) is 104 Å². The summed E-state index contributed by atoms with van der Waals surface area (Å²) < 4.78 is 29.1. The fourth-order valence-electron chi connectivity index (χ4n) is 10.9. The van der Waals surface area contributed by atoms with E-state index in [2.05, 4.69) is 45.4 Å². The summed E-state index contributed by atoms with van der Waals surface area (Å²) in [6.07, 6.45) is 8.30. The molecule has 0 aromatic carbocycles. The number of carbonyl (C=O) groups excluding carboxylic acids is 2. The van der Waals surface area contributed by atoms with E-state index in [1.54, 1.807) is 6.92 Å². The van der Waals surface area contributed by atoms with Crippen molar-refractivity contribution in [2.75, 3.05) is 5.75 Å². The Morgan fingerprint density at radius 3 is 2.21 bits per heavy atom. The first kappa shape index (κ1) is 29.0. The van der Waals surface area contributed by atoms with Crippen molar-refractivity contribution in [3.05, 3.63) is 11.6 Å². The van der Waals surface area contributed by atoms with E-state index in [1.165, 1.54) is 0 Å². The number of sulfonamides is 1. The first-order chi connectivity index (χ1) is 17.8. The van der Waals surface area contributed by atoms with Crippen LogP contribution < -0.4 is 4.72 Å². The third-order valence-corrected chi connectivity index (χ3v) is 14.7. The molecule has 7 heteroatoms. The van der Waals surface area contributed by atoms with Gasteiger partial charge in [-0.3, -0.25) is 9.59 Å². The summed E-state index contributed by atoms with van der Waals surface area (Å²) in [6.45, 7) is 17.1. The van der Waals surface area contributed by atoms with Crippen molar-refractivity contribution in [3.8, 4) is 6.07 Å². The maximum Gasteiger partial charge on any atom is 0.211 e. The molecule has 0 radical (unpaired) electrons. The summed E-state index contributed by atoms with van der Waals surface area (Å²) in [5.74, 6) is 0.0972. The Kier molecular flexibility index (Phi) is 6.32. The molecule has 0 heterocycles. The van der Waals surface area contributed by atoms with E-state index in [0.29, 0.717) is 6.42 Å². The largest absolute Gasteiger partial charge is 0.299 e. The molecule has 0 aromatic rings. The highest BCUT2D eigenvalue weighted by molar-refractivity contribution is 7.89. The van der Waals surface area contributed by atoms with Crippen LogP contribution in [0.5, 0.6) is 0 Å². The highest BCUT2D eigenvalue weighted by Crippen LogP contribution is 2.74. The van der Waals surface area contributed by atoms with Crippen LogP contribution in [0.3, 0.4) is 0 Å². The lowest BCUT2D eigenvalue weighted by molar-refractivity contribution is -0.214. The first-order valence-electron chi connectivity index (χ1n) is 15.0. The summed E-state index contributed by atoms with van der Waals surface area (Å²) in [5, 5.41) is 9.91. The molecule has 4 saturated carbocycles. The van der Waals surface area contributed by atoms with Crippen LogP contribution in [0.1, 0.15) is 107 Å². The molecular weight excluding hydrogens is 508 g/mol. The number of fused-ring (bicyclic) bond motifs is 7. The normalized spacial score (nSPS) is 46.6. The van der Waals surface area contributed by atoms with Gasteiger partial charge in [-0.05, 0) is 91.3 Å². The quantitative estimate of drug-likeness (QED) is 0.461. The Balaban J connectivity index is 1.63. The minimum atomic E-state index is -3.43. The highest BCUT2D eigenvalue weighted by atomic mass is 32.2. The van der Waals surface area contributed by atoms with Gasteiger partial charge in [-0.25, -0.2) is 13.1 Å². The average molecular weight is 557 g/mol. The summed E-state index contributed by atoms with van der Waals surface area (Å²) in [6, 6.07) is 2.19. The van der Waals surface area contributed by atoms with E-state index in [0.717, 1.165) is 44.9 Å². The van der Waals surface area contributed by atoms with Crippen LogP contribution in [-0.2, 0) is 19.6 Å². The molecule has 0 saturated heterocycles. The second-order valence-electron chi connectivity index (χ2n) is 15.8. The summed E-state index contributed by atoms with van der Waals surface area (Å²) >= 11 is 0. The second kappa shape index (κ2) is 8.51. The zero-order valence-corrected chi connectivity index (χ0v) is 26.1. The lowest BCUT2D eigenvalue weighted by Gasteiger charge is -2.72. The van der Waals surface area contributed by atoms with Gasteiger partial charge in [0.15, 0.2) is 5.78 Å². The molecule has 6 nitrogen and oxygen atoms in total. The molecule has 39 heavy (non-hydrogen) atoms. The molecule has 5 aliphatic carbocycles. The lowest BCUT2D eigenvalue weighted by Crippen LogP contribution is -2.72. The molecular formula is C32H48N2O4S. The zero-order chi connectivity index (χ0) is 29.0. The van der Waals surface area contributed by atoms with Crippen molar-refractivity contribution in [1.29, 1.82) is 5.26 Å². The van der Waals surface area contributed by atoms with Crippen LogP contribution in [0.25, 0.3) is 0 Å². The summed E-state index contributed by atoms with van der Waals surface area (Å²) in [4.78, 5) is 27.8. The predicted molar refractivity (Wildman–Crippen MR) is 152 cm³/mol. The predicted octanol–water partition coefficient (Wildman–Crippen LogP) is 5.98. The van der Waals surface area contributed by atoms with Crippen molar-refractivity contribution in [3.63, 3.8) is 0 Å². The second-order valence-corrected chi connectivity index (χ2v) is 17.9. The van der Waals surface area contributed by atoms with Crippen LogP contribution in [0.15, 0.2) is 11.6 Å². The molecule has 0 aliphatic heterocycles. The fraction of sp³-hybridized carbons (Fsp3) is 0.844. The molecule has 0 aromatic heterocycles. The minimum Gasteiger partial charge on any atom is -0.299 e. The van der Waals surface area contributed by atoms with Crippen LogP contribution in [0, 0.1) is 62.1 Å². The maximum absolute atomic E-state index is 14.5. The summed E-state index contributed by atoms with van der Waals surface area (Å²) in [7, 11) is -3.43. The number of nitrogens with zero attached hydrogens (tertiary/aromatic N) is 1. The van der Waals surface area contributed by atoms with Gasteiger partial charge < -0.3 is 0 Å². The number of Topliss-reactive ketones (excluding diaryl/α,β-unsaturated/α-hetero) is 2. The number of rotatable bonds is 3. The summed E-state index contributed by atoms with van der Waals surface area (Å²) in [5.41, 5.74) is -1.80. The lowest BCUT2D eigenvalue weighted by atomic mass is 9.32. The van der Waals surface area contributed by atoms with Crippen molar-refractivity contribution < 1.29 is 18.0 Å². The van der Waals surface area contributed by atoms with Gasteiger partial charge in [0.1, 0.15) is 11.9 Å². The van der Waals surface area contributed by atoms with E-state index in [-0.39, 0.29) is 62.8 Å². The van der Waals surface area contributed by atoms with Gasteiger partial charge in [-0.15, -0.1) is 0 Å². The monoisotopic (exact) mass is 556 g/mol. The Hall–Kier alpha value is -1.52. The number of hydrogen-bond acceptors (Lipinski definition) is 5.